The van der Waals surface area contributed by atoms with Crippen molar-refractivity contribution in [2.24, 2.45) is 5.92 Å². The number of phenolic OH excluding ortho intramolecular Hbond substituents is 1. The highest BCUT2D eigenvalue weighted by Gasteiger charge is 2.34. The Labute approximate surface area is 172 Å². The Morgan fingerprint density at radius 1 is 1.17 bits per heavy atom. The van der Waals surface area contributed by atoms with Gasteiger partial charge in [0.25, 0.3) is 0 Å². The number of hydrogen-bond acceptors (Lipinski definition) is 4. The van der Waals surface area contributed by atoms with Gasteiger partial charge in [-0.25, -0.2) is 4.79 Å². The van der Waals surface area contributed by atoms with Gasteiger partial charge in [0.1, 0.15) is 11.4 Å². The van der Waals surface area contributed by atoms with Crippen molar-refractivity contribution >= 4 is 11.9 Å². The number of fused-ring (bicyclic) bond motifs is 1. The molecule has 0 heterocycles. The Balaban J connectivity index is 1.77. The average Bonchev–Trinajstić information content (AvgIpc) is 2.66. The smallest absolute Gasteiger partial charge is 0.407 e. The molecule has 5 heteroatoms. The molecule has 0 saturated carbocycles. The first-order valence-electron chi connectivity index (χ1n) is 10.1. The zero-order valence-corrected chi connectivity index (χ0v) is 17.3. The number of carbonyl (C=O) groups is 2. The molecule has 1 aliphatic rings. The van der Waals surface area contributed by atoms with E-state index in [1.165, 1.54) is 0 Å². The van der Waals surface area contributed by atoms with Gasteiger partial charge < -0.3 is 15.2 Å². The summed E-state index contributed by atoms with van der Waals surface area (Å²) in [6, 6.07) is 14.4. The summed E-state index contributed by atoms with van der Waals surface area (Å²) in [7, 11) is 0. The number of aromatic hydroxyl groups is 1. The third-order valence-corrected chi connectivity index (χ3v) is 5.21. The second kappa shape index (κ2) is 8.68. The highest BCUT2D eigenvalue weighted by atomic mass is 16.6. The summed E-state index contributed by atoms with van der Waals surface area (Å²) in [6.07, 6.45) is 2.32. The molecule has 29 heavy (non-hydrogen) atoms. The van der Waals surface area contributed by atoms with Crippen LogP contribution in [-0.2, 0) is 17.6 Å². The maximum Gasteiger partial charge on any atom is 0.407 e. The number of rotatable bonds is 5. The van der Waals surface area contributed by atoms with Crippen LogP contribution < -0.4 is 5.32 Å². The topological polar surface area (TPSA) is 75.6 Å². The van der Waals surface area contributed by atoms with Crippen molar-refractivity contribution in [1.82, 2.24) is 5.32 Å². The van der Waals surface area contributed by atoms with Gasteiger partial charge in [-0.2, -0.15) is 0 Å². The number of ether oxygens (including phenoxy) is 1. The lowest BCUT2D eigenvalue weighted by atomic mass is 9.77. The van der Waals surface area contributed by atoms with Crippen molar-refractivity contribution < 1.29 is 19.4 Å². The van der Waals surface area contributed by atoms with Crippen LogP contribution in [0.1, 0.15) is 55.1 Å². The number of carbonyl (C=O) groups excluding carboxylic acids is 2. The Hall–Kier alpha value is -2.82. The summed E-state index contributed by atoms with van der Waals surface area (Å²) >= 11 is 0. The van der Waals surface area contributed by atoms with Crippen LogP contribution >= 0.6 is 0 Å². The molecule has 0 fully saturated rings. The van der Waals surface area contributed by atoms with Gasteiger partial charge in [0.15, 0.2) is 5.78 Å². The first-order chi connectivity index (χ1) is 13.7. The van der Waals surface area contributed by atoms with E-state index in [2.05, 4.69) is 5.32 Å². The van der Waals surface area contributed by atoms with Crippen molar-refractivity contribution in [2.45, 2.75) is 58.1 Å². The largest absolute Gasteiger partial charge is 0.508 e. The van der Waals surface area contributed by atoms with Crippen LogP contribution in [0.15, 0.2) is 48.5 Å². The molecule has 1 aliphatic carbocycles. The van der Waals surface area contributed by atoms with E-state index in [0.717, 1.165) is 23.1 Å². The second-order valence-corrected chi connectivity index (χ2v) is 8.62. The van der Waals surface area contributed by atoms with E-state index in [1.54, 1.807) is 12.1 Å². The van der Waals surface area contributed by atoms with Gasteiger partial charge in [0.2, 0.25) is 0 Å². The summed E-state index contributed by atoms with van der Waals surface area (Å²) < 4.78 is 5.44. The quantitative estimate of drug-likeness (QED) is 0.772. The van der Waals surface area contributed by atoms with Gasteiger partial charge in [-0.15, -0.1) is 0 Å². The number of alkyl carbamates (subject to hydrolysis) is 1. The van der Waals surface area contributed by atoms with Crippen LogP contribution in [0.4, 0.5) is 4.79 Å². The zero-order valence-electron chi connectivity index (χ0n) is 17.3. The minimum Gasteiger partial charge on any atom is -0.508 e. The Bertz CT molecular complexity index is 867. The Morgan fingerprint density at radius 2 is 1.86 bits per heavy atom. The van der Waals surface area contributed by atoms with Gasteiger partial charge in [-0.05, 0) is 69.7 Å². The normalized spacial score (nSPS) is 17.3. The first-order valence-corrected chi connectivity index (χ1v) is 10.1. The predicted octanol–water partition coefficient (Wildman–Crippen LogP) is 4.66. The summed E-state index contributed by atoms with van der Waals surface area (Å²) in [4.78, 5) is 25.6. The lowest BCUT2D eigenvalue weighted by Crippen LogP contribution is -2.47. The molecule has 0 aromatic heterocycles. The number of hydrogen-bond donors (Lipinski definition) is 2. The van der Waals surface area contributed by atoms with Gasteiger partial charge >= 0.3 is 6.09 Å². The van der Waals surface area contributed by atoms with Crippen LogP contribution in [-0.4, -0.2) is 28.6 Å². The van der Waals surface area contributed by atoms with E-state index >= 15 is 0 Å². The molecule has 0 saturated heterocycles. The third-order valence-electron chi connectivity index (χ3n) is 5.21. The van der Waals surface area contributed by atoms with Crippen LogP contribution in [0.3, 0.4) is 0 Å². The van der Waals surface area contributed by atoms with E-state index in [0.29, 0.717) is 19.3 Å². The van der Waals surface area contributed by atoms with Crippen molar-refractivity contribution in [3.8, 4) is 5.75 Å². The maximum atomic E-state index is 13.2. The number of nitrogens with one attached hydrogen (secondary N) is 1. The van der Waals surface area contributed by atoms with Gasteiger partial charge in [-0.1, -0.05) is 36.4 Å². The van der Waals surface area contributed by atoms with E-state index < -0.39 is 11.7 Å². The summed E-state index contributed by atoms with van der Waals surface area (Å²) in [5.41, 5.74) is 2.27. The van der Waals surface area contributed by atoms with Gasteiger partial charge in [-0.3, -0.25) is 4.79 Å². The highest BCUT2D eigenvalue weighted by Crippen LogP contribution is 2.29. The maximum absolute atomic E-state index is 13.2. The summed E-state index contributed by atoms with van der Waals surface area (Å²) in [5, 5.41) is 12.4. The molecule has 2 aromatic rings. The molecule has 2 unspecified atom stereocenters. The summed E-state index contributed by atoms with van der Waals surface area (Å²) in [5.74, 6) is 0.0180. The molecule has 2 atom stereocenters. The van der Waals surface area contributed by atoms with E-state index in [1.807, 2.05) is 57.2 Å². The predicted molar refractivity (Wildman–Crippen MR) is 112 cm³/mol. The number of benzene rings is 2. The van der Waals surface area contributed by atoms with E-state index in [-0.39, 0.29) is 23.5 Å². The molecular formula is C24H29NO4. The van der Waals surface area contributed by atoms with Gasteiger partial charge in [0.05, 0.1) is 0 Å². The number of ketones is 1. The minimum absolute atomic E-state index is 0.0821. The summed E-state index contributed by atoms with van der Waals surface area (Å²) in [6.45, 7) is 5.46. The van der Waals surface area contributed by atoms with Crippen LogP contribution in [0.2, 0.25) is 0 Å². The molecule has 5 nitrogen and oxygen atoms in total. The number of amides is 1. The van der Waals surface area contributed by atoms with Crippen LogP contribution in [0, 0.1) is 5.92 Å². The molecular weight excluding hydrogens is 366 g/mol. The lowest BCUT2D eigenvalue weighted by molar-refractivity contribution is 0.0476. The van der Waals surface area contributed by atoms with Crippen molar-refractivity contribution in [3.05, 3.63) is 65.2 Å². The van der Waals surface area contributed by atoms with Crippen LogP contribution in [0.25, 0.3) is 0 Å². The molecule has 0 spiro atoms. The fourth-order valence-electron chi connectivity index (χ4n) is 3.82. The molecule has 0 bridgehead atoms. The third kappa shape index (κ3) is 5.59. The first kappa shape index (κ1) is 20.9. The number of phenols is 1. The molecule has 154 valence electrons. The molecule has 2 aromatic carbocycles. The van der Waals surface area contributed by atoms with E-state index in [9.17, 15) is 14.7 Å². The Kier molecular flexibility index (Phi) is 6.26. The standard InChI is InChI=1S/C24H29NO4/c1-24(2,3)29-23(28)25-21(15-10-16-8-12-18(26)13-9-16)20-14-11-17-6-4-5-7-19(17)22(20)27/h4-9,12-13,20-21,26H,10-11,14-15H2,1-3H3,(H,25,28). The second-order valence-electron chi connectivity index (χ2n) is 8.62. The number of aryl methyl sites for hydroxylation is 2. The van der Waals surface area contributed by atoms with Crippen LogP contribution in [0.5, 0.6) is 5.75 Å². The molecule has 0 aliphatic heterocycles. The SMILES string of the molecule is CC(C)(C)OC(=O)NC(CCc1ccc(O)cc1)C1CCc2ccccc2C1=O. The molecule has 1 amide bonds. The number of Topliss-reactive ketones (excluding diaryl/α,β-unsaturated/α-hetero) is 1. The van der Waals surface area contributed by atoms with Crippen molar-refractivity contribution in [2.75, 3.05) is 0 Å². The van der Waals surface area contributed by atoms with Crippen molar-refractivity contribution in [1.29, 1.82) is 0 Å². The fourth-order valence-corrected chi connectivity index (χ4v) is 3.82. The fraction of sp³-hybridized carbons (Fsp3) is 0.417. The minimum atomic E-state index is -0.602. The van der Waals surface area contributed by atoms with E-state index in [4.69, 9.17) is 4.74 Å². The molecule has 3 rings (SSSR count). The monoisotopic (exact) mass is 395 g/mol. The Morgan fingerprint density at radius 3 is 2.55 bits per heavy atom. The lowest BCUT2D eigenvalue weighted by Gasteiger charge is -2.32. The average molecular weight is 395 g/mol. The van der Waals surface area contributed by atoms with Gasteiger partial charge in [0, 0.05) is 17.5 Å². The zero-order chi connectivity index (χ0) is 21.0. The molecule has 2 N–H and O–H groups in total. The van der Waals surface area contributed by atoms with Crippen molar-refractivity contribution in [3.63, 3.8) is 0 Å². The highest BCUT2D eigenvalue weighted by molar-refractivity contribution is 6.00. The molecule has 0 radical (unpaired) electrons.